The van der Waals surface area contributed by atoms with Gasteiger partial charge in [0.05, 0.1) is 6.20 Å². The second kappa shape index (κ2) is 5.06. The van der Waals surface area contributed by atoms with Crippen molar-refractivity contribution < 1.29 is 14.7 Å². The molecule has 2 aromatic rings. The molecule has 0 radical (unpaired) electrons. The lowest BCUT2D eigenvalue weighted by Crippen LogP contribution is -2.33. The molecule has 0 spiro atoms. The Morgan fingerprint density at radius 3 is 2.79 bits per heavy atom. The Morgan fingerprint density at radius 2 is 2.32 bits per heavy atom. The SMILES string of the molecule is Cn1cc(C(NC(=O)c2csc(N)n2)C(=O)O)cn1. The van der Waals surface area contributed by atoms with Gasteiger partial charge in [0.15, 0.2) is 11.2 Å². The van der Waals surface area contributed by atoms with Gasteiger partial charge in [0.1, 0.15) is 5.69 Å². The number of aromatic nitrogens is 3. The van der Waals surface area contributed by atoms with E-state index < -0.39 is 17.9 Å². The van der Waals surface area contributed by atoms with Crippen LogP contribution < -0.4 is 11.1 Å². The molecule has 0 aliphatic rings. The van der Waals surface area contributed by atoms with E-state index in [2.05, 4.69) is 15.4 Å². The van der Waals surface area contributed by atoms with Crippen LogP contribution in [0.3, 0.4) is 0 Å². The number of hydrogen-bond acceptors (Lipinski definition) is 6. The van der Waals surface area contributed by atoms with Crippen LogP contribution in [0.2, 0.25) is 0 Å². The summed E-state index contributed by atoms with van der Waals surface area (Å²) in [6.07, 6.45) is 2.91. The van der Waals surface area contributed by atoms with E-state index in [4.69, 9.17) is 10.8 Å². The Hall–Kier alpha value is -2.42. The minimum atomic E-state index is -1.18. The Morgan fingerprint density at radius 1 is 1.58 bits per heavy atom. The quantitative estimate of drug-likeness (QED) is 0.725. The topological polar surface area (TPSA) is 123 Å². The molecule has 0 aliphatic heterocycles. The van der Waals surface area contributed by atoms with Crippen molar-refractivity contribution in [1.29, 1.82) is 0 Å². The van der Waals surface area contributed by atoms with Gasteiger partial charge >= 0.3 is 5.97 Å². The van der Waals surface area contributed by atoms with Crippen LogP contribution in [0.1, 0.15) is 22.1 Å². The number of anilines is 1. The van der Waals surface area contributed by atoms with Crippen molar-refractivity contribution in [1.82, 2.24) is 20.1 Å². The number of thiazole rings is 1. The van der Waals surface area contributed by atoms with Gasteiger partial charge in [-0.1, -0.05) is 0 Å². The molecule has 9 heteroatoms. The molecule has 1 atom stereocenters. The fourth-order valence-corrected chi connectivity index (χ4v) is 2.02. The highest BCUT2D eigenvalue weighted by Crippen LogP contribution is 2.15. The number of aryl methyl sites for hydroxylation is 1. The normalized spacial score (nSPS) is 12.1. The van der Waals surface area contributed by atoms with Crippen LogP contribution in [0.15, 0.2) is 17.8 Å². The molecular weight excluding hydrogens is 270 g/mol. The molecule has 1 amide bonds. The lowest BCUT2D eigenvalue weighted by molar-refractivity contribution is -0.139. The number of rotatable bonds is 4. The number of nitrogens with zero attached hydrogens (tertiary/aromatic N) is 3. The lowest BCUT2D eigenvalue weighted by atomic mass is 10.1. The van der Waals surface area contributed by atoms with Gasteiger partial charge in [-0.05, 0) is 0 Å². The Labute approximate surface area is 111 Å². The summed E-state index contributed by atoms with van der Waals surface area (Å²) in [7, 11) is 1.66. The van der Waals surface area contributed by atoms with Crippen molar-refractivity contribution in [2.75, 3.05) is 5.73 Å². The first-order valence-corrected chi connectivity index (χ1v) is 6.08. The van der Waals surface area contributed by atoms with Crippen molar-refractivity contribution in [2.24, 2.45) is 7.05 Å². The first-order chi connectivity index (χ1) is 8.97. The number of nitrogens with two attached hydrogens (primary N) is 1. The van der Waals surface area contributed by atoms with E-state index in [0.717, 1.165) is 11.3 Å². The lowest BCUT2D eigenvalue weighted by Gasteiger charge is -2.11. The summed E-state index contributed by atoms with van der Waals surface area (Å²) in [5, 5.41) is 17.1. The molecule has 2 heterocycles. The van der Waals surface area contributed by atoms with Crippen molar-refractivity contribution in [3.05, 3.63) is 29.0 Å². The molecule has 19 heavy (non-hydrogen) atoms. The van der Waals surface area contributed by atoms with Gasteiger partial charge in [-0.2, -0.15) is 5.10 Å². The first kappa shape index (κ1) is 13.0. The third-order valence-electron chi connectivity index (χ3n) is 2.34. The average Bonchev–Trinajstić information content (AvgIpc) is 2.94. The number of hydrogen-bond donors (Lipinski definition) is 3. The summed E-state index contributed by atoms with van der Waals surface area (Å²) in [5.74, 6) is -1.77. The van der Waals surface area contributed by atoms with E-state index in [-0.39, 0.29) is 10.8 Å². The predicted molar refractivity (Wildman–Crippen MR) is 67.6 cm³/mol. The van der Waals surface area contributed by atoms with E-state index in [1.807, 2.05) is 0 Å². The summed E-state index contributed by atoms with van der Waals surface area (Å²) in [4.78, 5) is 26.8. The maximum Gasteiger partial charge on any atom is 0.331 e. The maximum absolute atomic E-state index is 11.8. The maximum atomic E-state index is 11.8. The summed E-state index contributed by atoms with van der Waals surface area (Å²) in [6, 6.07) is -1.18. The Balaban J connectivity index is 2.18. The van der Waals surface area contributed by atoms with E-state index >= 15 is 0 Å². The molecule has 0 saturated carbocycles. The number of aliphatic carboxylic acids is 1. The third kappa shape index (κ3) is 2.88. The predicted octanol–water partition coefficient (Wildman–Crippen LogP) is 0.0145. The number of nitrogen functional groups attached to an aromatic ring is 1. The fourth-order valence-electron chi connectivity index (χ4n) is 1.47. The molecule has 0 bridgehead atoms. The number of nitrogens with one attached hydrogen (secondary N) is 1. The standard InChI is InChI=1S/C10H11N5O3S/c1-15-3-5(2-12-15)7(9(17)18)14-8(16)6-4-19-10(11)13-6/h2-4,7H,1H3,(H2,11,13)(H,14,16)(H,17,18). The molecular formula is C10H11N5O3S. The summed E-state index contributed by atoms with van der Waals surface area (Å²) in [6.45, 7) is 0. The molecule has 4 N–H and O–H groups in total. The molecule has 0 fully saturated rings. The number of carbonyl (C=O) groups excluding carboxylic acids is 1. The Kier molecular flexibility index (Phi) is 3.47. The Bertz CT molecular complexity index is 620. The number of amides is 1. The van der Waals surface area contributed by atoms with Crippen molar-refractivity contribution in [2.45, 2.75) is 6.04 Å². The minimum absolute atomic E-state index is 0.0950. The van der Waals surface area contributed by atoms with Gasteiger partial charge in [-0.15, -0.1) is 11.3 Å². The molecule has 0 aliphatic carbocycles. The zero-order valence-electron chi connectivity index (χ0n) is 9.90. The molecule has 0 saturated heterocycles. The minimum Gasteiger partial charge on any atom is -0.479 e. The molecule has 0 aromatic carbocycles. The van der Waals surface area contributed by atoms with Gasteiger partial charge < -0.3 is 16.2 Å². The highest BCUT2D eigenvalue weighted by atomic mass is 32.1. The van der Waals surface area contributed by atoms with Crippen LogP contribution in [-0.2, 0) is 11.8 Å². The van der Waals surface area contributed by atoms with Crippen molar-refractivity contribution in [3.8, 4) is 0 Å². The van der Waals surface area contributed by atoms with Crippen LogP contribution in [0.5, 0.6) is 0 Å². The molecule has 1 unspecified atom stereocenters. The van der Waals surface area contributed by atoms with Gasteiger partial charge in [-0.25, -0.2) is 9.78 Å². The van der Waals surface area contributed by atoms with E-state index in [9.17, 15) is 9.59 Å². The van der Waals surface area contributed by atoms with Gasteiger partial charge in [0.2, 0.25) is 0 Å². The third-order valence-corrected chi connectivity index (χ3v) is 3.01. The molecule has 8 nitrogen and oxygen atoms in total. The van der Waals surface area contributed by atoms with Crippen molar-refractivity contribution >= 4 is 28.3 Å². The van der Waals surface area contributed by atoms with E-state index in [1.54, 1.807) is 7.05 Å². The zero-order chi connectivity index (χ0) is 14.0. The summed E-state index contributed by atoms with van der Waals surface area (Å²) >= 11 is 1.11. The van der Waals surface area contributed by atoms with E-state index in [0.29, 0.717) is 5.56 Å². The molecule has 100 valence electrons. The second-order valence-electron chi connectivity index (χ2n) is 3.76. The number of carbonyl (C=O) groups is 2. The largest absolute Gasteiger partial charge is 0.479 e. The average molecular weight is 281 g/mol. The fraction of sp³-hybridized carbons (Fsp3) is 0.200. The van der Waals surface area contributed by atoms with Crippen molar-refractivity contribution in [3.63, 3.8) is 0 Å². The number of carboxylic acid groups (broad SMARTS) is 1. The summed E-state index contributed by atoms with van der Waals surface area (Å²) in [5.41, 5.74) is 5.90. The first-order valence-electron chi connectivity index (χ1n) is 5.20. The van der Waals surface area contributed by atoms with Gasteiger partial charge in [-0.3, -0.25) is 9.48 Å². The monoisotopic (exact) mass is 281 g/mol. The molecule has 2 aromatic heterocycles. The highest BCUT2D eigenvalue weighted by molar-refractivity contribution is 7.13. The van der Waals surface area contributed by atoms with Gasteiger partial charge in [0.25, 0.3) is 5.91 Å². The molecule has 2 rings (SSSR count). The van der Waals surface area contributed by atoms with Crippen LogP contribution in [-0.4, -0.2) is 31.7 Å². The zero-order valence-corrected chi connectivity index (χ0v) is 10.7. The van der Waals surface area contributed by atoms with E-state index in [1.165, 1.54) is 22.5 Å². The van der Waals surface area contributed by atoms with Crippen LogP contribution in [0, 0.1) is 0 Å². The number of carboxylic acids is 1. The van der Waals surface area contributed by atoms with Crippen LogP contribution >= 0.6 is 11.3 Å². The van der Waals surface area contributed by atoms with Gasteiger partial charge in [0, 0.05) is 24.2 Å². The van der Waals surface area contributed by atoms with Crippen LogP contribution in [0.4, 0.5) is 5.13 Å². The highest BCUT2D eigenvalue weighted by Gasteiger charge is 2.24. The smallest absolute Gasteiger partial charge is 0.331 e. The second-order valence-corrected chi connectivity index (χ2v) is 4.65. The van der Waals surface area contributed by atoms with Crippen LogP contribution in [0.25, 0.3) is 0 Å². The summed E-state index contributed by atoms with van der Waals surface area (Å²) < 4.78 is 1.46.